The zero-order valence-electron chi connectivity index (χ0n) is 13.4. The van der Waals surface area contributed by atoms with Gasteiger partial charge in [0.1, 0.15) is 4.90 Å². The fourth-order valence-corrected chi connectivity index (χ4v) is 2.85. The van der Waals surface area contributed by atoms with E-state index < -0.39 is 10.1 Å². The van der Waals surface area contributed by atoms with E-state index in [1.54, 1.807) is 37.5 Å². The first kappa shape index (κ1) is 18.1. The van der Waals surface area contributed by atoms with E-state index in [9.17, 15) is 8.42 Å². The summed E-state index contributed by atoms with van der Waals surface area (Å²) in [6.45, 7) is 0. The zero-order valence-corrected chi connectivity index (χ0v) is 15.0. The first-order valence-corrected chi connectivity index (χ1v) is 8.70. The Hall–Kier alpha value is -2.25. The van der Waals surface area contributed by atoms with E-state index in [0.29, 0.717) is 5.02 Å². The molecular weight excluding hydrogens is 352 g/mol. The summed E-state index contributed by atoms with van der Waals surface area (Å²) in [6.07, 6.45) is 1.62. The summed E-state index contributed by atoms with van der Waals surface area (Å²) >= 11 is 5.77. The zero-order chi connectivity index (χ0) is 17.7. The van der Waals surface area contributed by atoms with Gasteiger partial charge in [0, 0.05) is 19.1 Å². The van der Waals surface area contributed by atoms with Crippen molar-refractivity contribution in [1.29, 1.82) is 0 Å². The van der Waals surface area contributed by atoms with Crippen molar-refractivity contribution in [2.24, 2.45) is 5.10 Å². The van der Waals surface area contributed by atoms with Gasteiger partial charge in [0.2, 0.25) is 0 Å². The number of methoxy groups -OCH3 is 1. The summed E-state index contributed by atoms with van der Waals surface area (Å²) in [5, 5.41) is 6.19. The van der Waals surface area contributed by atoms with Crippen molar-refractivity contribution in [2.45, 2.75) is 4.90 Å². The van der Waals surface area contributed by atoms with Crippen LogP contribution in [-0.2, 0) is 10.1 Å². The molecule has 0 saturated carbocycles. The molecule has 0 heterocycles. The van der Waals surface area contributed by atoms with E-state index in [4.69, 9.17) is 20.5 Å². The molecule has 6 nitrogen and oxygen atoms in total. The SMILES string of the molecule is COc1cc(/C=N/N(C)C)ccc1OS(=O)(=O)c1ccc(Cl)cc1. The van der Waals surface area contributed by atoms with Crippen molar-refractivity contribution in [3.8, 4) is 11.5 Å². The van der Waals surface area contributed by atoms with Crippen molar-refractivity contribution in [3.05, 3.63) is 53.1 Å². The number of nitrogens with zero attached hydrogens (tertiary/aromatic N) is 2. The minimum absolute atomic E-state index is 0.00667. The second-order valence-electron chi connectivity index (χ2n) is 4.99. The third kappa shape index (κ3) is 4.62. The largest absolute Gasteiger partial charge is 0.493 e. The molecule has 0 aliphatic heterocycles. The predicted octanol–water partition coefficient (Wildman–Crippen LogP) is 3.01. The van der Waals surface area contributed by atoms with Crippen LogP contribution in [0.1, 0.15) is 5.56 Å². The Kier molecular flexibility index (Phi) is 5.69. The molecule has 0 aliphatic carbocycles. The molecule has 24 heavy (non-hydrogen) atoms. The molecule has 0 bridgehead atoms. The quantitative estimate of drug-likeness (QED) is 0.445. The van der Waals surface area contributed by atoms with Gasteiger partial charge in [0.15, 0.2) is 11.5 Å². The van der Waals surface area contributed by atoms with Crippen LogP contribution in [0.4, 0.5) is 0 Å². The second kappa shape index (κ2) is 7.55. The fourth-order valence-electron chi connectivity index (χ4n) is 1.78. The van der Waals surface area contributed by atoms with Crippen molar-refractivity contribution in [3.63, 3.8) is 0 Å². The Morgan fingerprint density at radius 1 is 1.08 bits per heavy atom. The molecular formula is C16H17ClN2O4S. The summed E-state index contributed by atoms with van der Waals surface area (Å²) in [7, 11) is 1.04. The van der Waals surface area contributed by atoms with Gasteiger partial charge in [-0.25, -0.2) is 0 Å². The summed E-state index contributed by atoms with van der Waals surface area (Å²) < 4.78 is 35.0. The molecule has 0 unspecified atom stereocenters. The van der Waals surface area contributed by atoms with Gasteiger partial charge in [0.25, 0.3) is 0 Å². The second-order valence-corrected chi connectivity index (χ2v) is 6.98. The molecule has 0 N–H and O–H groups in total. The van der Waals surface area contributed by atoms with Crippen LogP contribution in [0.25, 0.3) is 0 Å². The molecule has 0 amide bonds. The van der Waals surface area contributed by atoms with E-state index in [-0.39, 0.29) is 16.4 Å². The van der Waals surface area contributed by atoms with Crippen LogP contribution in [0.5, 0.6) is 11.5 Å². The predicted molar refractivity (Wildman–Crippen MR) is 93.5 cm³/mol. The third-order valence-corrected chi connectivity index (χ3v) is 4.43. The van der Waals surface area contributed by atoms with Gasteiger partial charge >= 0.3 is 10.1 Å². The van der Waals surface area contributed by atoms with Crippen molar-refractivity contribution < 1.29 is 17.3 Å². The van der Waals surface area contributed by atoms with Crippen molar-refractivity contribution in [2.75, 3.05) is 21.2 Å². The Balaban J connectivity index is 2.30. The summed E-state index contributed by atoms with van der Waals surface area (Å²) in [5.41, 5.74) is 0.747. The molecule has 128 valence electrons. The first-order chi connectivity index (χ1) is 11.3. The van der Waals surface area contributed by atoms with Gasteiger partial charge in [-0.05, 0) is 48.0 Å². The van der Waals surface area contributed by atoms with Gasteiger partial charge in [-0.3, -0.25) is 0 Å². The Bertz CT molecular complexity index is 834. The number of benzene rings is 2. The monoisotopic (exact) mass is 368 g/mol. The lowest BCUT2D eigenvalue weighted by atomic mass is 10.2. The van der Waals surface area contributed by atoms with Crippen LogP contribution in [-0.4, -0.2) is 40.8 Å². The molecule has 0 aliphatic rings. The third-order valence-electron chi connectivity index (χ3n) is 2.93. The van der Waals surface area contributed by atoms with Crippen LogP contribution in [0, 0.1) is 0 Å². The smallest absolute Gasteiger partial charge is 0.339 e. The summed E-state index contributed by atoms with van der Waals surface area (Å²) in [4.78, 5) is 0.00667. The normalized spacial score (nSPS) is 11.5. The summed E-state index contributed by atoms with van der Waals surface area (Å²) in [5.74, 6) is 0.379. The highest BCUT2D eigenvalue weighted by Crippen LogP contribution is 2.30. The van der Waals surface area contributed by atoms with E-state index in [1.807, 2.05) is 0 Å². The van der Waals surface area contributed by atoms with Crippen LogP contribution in [0.2, 0.25) is 5.02 Å². The number of hydrazone groups is 1. The van der Waals surface area contributed by atoms with Crippen LogP contribution in [0.15, 0.2) is 52.5 Å². The Labute approximate surface area is 146 Å². The lowest BCUT2D eigenvalue weighted by molar-refractivity contribution is 0.390. The van der Waals surface area contributed by atoms with Gasteiger partial charge in [-0.1, -0.05) is 11.6 Å². The molecule has 2 rings (SSSR count). The van der Waals surface area contributed by atoms with Crippen LogP contribution < -0.4 is 8.92 Å². The topological polar surface area (TPSA) is 68.2 Å². The highest BCUT2D eigenvalue weighted by atomic mass is 35.5. The van der Waals surface area contributed by atoms with Crippen LogP contribution >= 0.6 is 11.6 Å². The maximum atomic E-state index is 12.3. The molecule has 0 aromatic heterocycles. The average Bonchev–Trinajstić information content (AvgIpc) is 2.54. The van der Waals surface area contributed by atoms with Gasteiger partial charge in [0.05, 0.1) is 13.3 Å². The maximum Gasteiger partial charge on any atom is 0.339 e. The Morgan fingerprint density at radius 3 is 2.33 bits per heavy atom. The standard InChI is InChI=1S/C16H17ClN2O4S/c1-19(2)18-11-12-4-9-15(16(10-12)22-3)23-24(20,21)14-7-5-13(17)6-8-14/h4-11H,1-3H3/b18-11+. The highest BCUT2D eigenvalue weighted by molar-refractivity contribution is 7.87. The summed E-state index contributed by atoms with van der Waals surface area (Å²) in [6, 6.07) is 10.6. The maximum absolute atomic E-state index is 12.3. The molecule has 2 aromatic carbocycles. The molecule has 0 atom stereocenters. The highest BCUT2D eigenvalue weighted by Gasteiger charge is 2.19. The number of hydrogen-bond donors (Lipinski definition) is 0. The van der Waals surface area contributed by atoms with E-state index >= 15 is 0 Å². The molecule has 8 heteroatoms. The number of ether oxygens (including phenoxy) is 1. The van der Waals surface area contributed by atoms with Crippen LogP contribution in [0.3, 0.4) is 0 Å². The average molecular weight is 369 g/mol. The van der Waals surface area contributed by atoms with Gasteiger partial charge in [-0.15, -0.1) is 0 Å². The number of hydrogen-bond acceptors (Lipinski definition) is 6. The van der Waals surface area contributed by atoms with E-state index in [1.165, 1.54) is 37.4 Å². The molecule has 2 aromatic rings. The fraction of sp³-hybridized carbons (Fsp3) is 0.188. The van der Waals surface area contributed by atoms with Crippen molar-refractivity contribution >= 4 is 27.9 Å². The lowest BCUT2D eigenvalue weighted by Gasteiger charge is -2.11. The Morgan fingerprint density at radius 2 is 1.75 bits per heavy atom. The molecule has 0 radical (unpaired) electrons. The number of halogens is 1. The minimum Gasteiger partial charge on any atom is -0.493 e. The molecule has 0 saturated heterocycles. The minimum atomic E-state index is -3.98. The van der Waals surface area contributed by atoms with Gasteiger partial charge < -0.3 is 13.9 Å². The lowest BCUT2D eigenvalue weighted by Crippen LogP contribution is -2.10. The molecule has 0 fully saturated rings. The van der Waals surface area contributed by atoms with E-state index in [0.717, 1.165) is 5.56 Å². The van der Waals surface area contributed by atoms with Crippen molar-refractivity contribution in [1.82, 2.24) is 5.01 Å². The molecule has 0 spiro atoms. The number of rotatable bonds is 6. The van der Waals surface area contributed by atoms with Gasteiger partial charge in [-0.2, -0.15) is 13.5 Å². The first-order valence-electron chi connectivity index (χ1n) is 6.91. The van der Waals surface area contributed by atoms with E-state index in [2.05, 4.69) is 5.10 Å².